The summed E-state index contributed by atoms with van der Waals surface area (Å²) in [6.45, 7) is 4.54. The Kier molecular flexibility index (Phi) is 2.86. The van der Waals surface area contributed by atoms with Gasteiger partial charge in [-0.25, -0.2) is 4.98 Å². The molecule has 0 radical (unpaired) electrons. The van der Waals surface area contributed by atoms with Gasteiger partial charge in [-0.15, -0.1) is 0 Å². The first kappa shape index (κ1) is 10.4. The average Bonchev–Trinajstić information content (AvgIpc) is 2.97. The highest BCUT2D eigenvalue weighted by molar-refractivity contribution is 5.16. The molecule has 4 nitrogen and oxygen atoms in total. The number of hydrogen-bond acceptors (Lipinski definition) is 3. The molecule has 0 atom stereocenters. The zero-order valence-corrected chi connectivity index (χ0v) is 9.26. The van der Waals surface area contributed by atoms with E-state index in [1.165, 1.54) is 12.8 Å². The van der Waals surface area contributed by atoms with E-state index >= 15 is 0 Å². The quantitative estimate of drug-likeness (QED) is 0.771. The molecule has 0 amide bonds. The van der Waals surface area contributed by atoms with Gasteiger partial charge in [0.1, 0.15) is 5.82 Å². The first-order chi connectivity index (χ1) is 7.20. The molecule has 0 aromatic carbocycles. The lowest BCUT2D eigenvalue weighted by molar-refractivity contribution is 0.650. The van der Waals surface area contributed by atoms with Crippen LogP contribution in [0.3, 0.4) is 0 Å². The van der Waals surface area contributed by atoms with Crippen molar-refractivity contribution in [1.29, 1.82) is 0 Å². The van der Waals surface area contributed by atoms with Crippen LogP contribution in [-0.2, 0) is 13.0 Å². The third-order valence-electron chi connectivity index (χ3n) is 2.76. The summed E-state index contributed by atoms with van der Waals surface area (Å²) in [6.07, 6.45) is 3.23. The number of aromatic nitrogens is 2. The fraction of sp³-hybridized carbons (Fsp3) is 0.636. The van der Waals surface area contributed by atoms with Gasteiger partial charge in [0.05, 0.1) is 6.54 Å². The van der Waals surface area contributed by atoms with Crippen molar-refractivity contribution < 1.29 is 0 Å². The molecule has 1 aliphatic rings. The number of aromatic amines is 1. The van der Waals surface area contributed by atoms with Crippen LogP contribution in [0.15, 0.2) is 4.79 Å². The SMILES string of the molecule is CCc1c(C)nc(CNC2CC2)[nH]c1=O. The molecule has 1 saturated carbocycles. The van der Waals surface area contributed by atoms with E-state index in [1.54, 1.807) is 0 Å². The topological polar surface area (TPSA) is 57.8 Å². The second-order valence-corrected chi connectivity index (χ2v) is 4.09. The molecule has 0 unspecified atom stereocenters. The molecule has 1 aromatic rings. The Bertz CT molecular complexity index is 407. The number of H-pyrrole nitrogens is 1. The van der Waals surface area contributed by atoms with Crippen LogP contribution in [0.4, 0.5) is 0 Å². The van der Waals surface area contributed by atoms with Crippen molar-refractivity contribution in [3.63, 3.8) is 0 Å². The van der Waals surface area contributed by atoms with Crippen LogP contribution >= 0.6 is 0 Å². The van der Waals surface area contributed by atoms with Crippen LogP contribution in [0.25, 0.3) is 0 Å². The van der Waals surface area contributed by atoms with Crippen molar-refractivity contribution in [2.24, 2.45) is 0 Å². The van der Waals surface area contributed by atoms with Crippen molar-refractivity contribution in [3.8, 4) is 0 Å². The highest BCUT2D eigenvalue weighted by atomic mass is 16.1. The van der Waals surface area contributed by atoms with Crippen LogP contribution in [0.2, 0.25) is 0 Å². The minimum atomic E-state index is 0.0117. The van der Waals surface area contributed by atoms with E-state index in [0.717, 1.165) is 23.5 Å². The molecule has 1 heterocycles. The highest BCUT2D eigenvalue weighted by Gasteiger charge is 2.20. The van der Waals surface area contributed by atoms with Crippen LogP contribution < -0.4 is 10.9 Å². The predicted molar refractivity (Wildman–Crippen MR) is 58.8 cm³/mol. The Balaban J connectivity index is 2.14. The predicted octanol–water partition coefficient (Wildman–Crippen LogP) is 0.893. The van der Waals surface area contributed by atoms with E-state index in [1.807, 2.05) is 13.8 Å². The minimum Gasteiger partial charge on any atom is -0.309 e. The first-order valence-corrected chi connectivity index (χ1v) is 5.52. The number of nitrogens with zero attached hydrogens (tertiary/aromatic N) is 1. The zero-order chi connectivity index (χ0) is 10.8. The van der Waals surface area contributed by atoms with Crippen molar-refractivity contribution in [2.75, 3.05) is 0 Å². The highest BCUT2D eigenvalue weighted by Crippen LogP contribution is 2.18. The Hall–Kier alpha value is -1.16. The number of rotatable bonds is 4. The third-order valence-corrected chi connectivity index (χ3v) is 2.76. The fourth-order valence-corrected chi connectivity index (χ4v) is 1.70. The smallest absolute Gasteiger partial charge is 0.254 e. The van der Waals surface area contributed by atoms with Gasteiger partial charge in [-0.3, -0.25) is 4.79 Å². The van der Waals surface area contributed by atoms with Gasteiger partial charge in [0.15, 0.2) is 0 Å². The molecule has 82 valence electrons. The second-order valence-electron chi connectivity index (χ2n) is 4.09. The summed E-state index contributed by atoms with van der Waals surface area (Å²) in [6, 6.07) is 0.640. The van der Waals surface area contributed by atoms with Crippen LogP contribution in [0.1, 0.15) is 36.8 Å². The van der Waals surface area contributed by atoms with Gasteiger partial charge >= 0.3 is 0 Å². The summed E-state index contributed by atoms with van der Waals surface area (Å²) in [7, 11) is 0. The molecule has 2 N–H and O–H groups in total. The Labute approximate surface area is 89.1 Å². The van der Waals surface area contributed by atoms with E-state index in [9.17, 15) is 4.79 Å². The molecule has 1 aromatic heterocycles. The monoisotopic (exact) mass is 207 g/mol. The van der Waals surface area contributed by atoms with Gasteiger partial charge in [-0.2, -0.15) is 0 Å². The zero-order valence-electron chi connectivity index (χ0n) is 9.26. The minimum absolute atomic E-state index is 0.0117. The Morgan fingerprint density at radius 3 is 2.80 bits per heavy atom. The normalized spacial score (nSPS) is 15.6. The summed E-state index contributed by atoms with van der Waals surface area (Å²) in [5, 5.41) is 3.33. The summed E-state index contributed by atoms with van der Waals surface area (Å²) >= 11 is 0. The number of aryl methyl sites for hydroxylation is 1. The first-order valence-electron chi connectivity index (χ1n) is 5.52. The maximum absolute atomic E-state index is 11.6. The molecule has 1 fully saturated rings. The molecular formula is C11H17N3O. The van der Waals surface area contributed by atoms with Crippen molar-refractivity contribution in [2.45, 2.75) is 45.7 Å². The molecule has 0 bridgehead atoms. The van der Waals surface area contributed by atoms with E-state index < -0.39 is 0 Å². The summed E-state index contributed by atoms with van der Waals surface area (Å²) in [5.41, 5.74) is 1.66. The number of hydrogen-bond donors (Lipinski definition) is 2. The van der Waals surface area contributed by atoms with E-state index in [2.05, 4.69) is 15.3 Å². The van der Waals surface area contributed by atoms with Crippen molar-refractivity contribution >= 4 is 0 Å². The second kappa shape index (κ2) is 4.14. The van der Waals surface area contributed by atoms with Crippen LogP contribution in [0, 0.1) is 6.92 Å². The van der Waals surface area contributed by atoms with Gasteiger partial charge in [0.2, 0.25) is 0 Å². The lowest BCUT2D eigenvalue weighted by Gasteiger charge is -2.06. The van der Waals surface area contributed by atoms with Gasteiger partial charge in [-0.1, -0.05) is 6.92 Å². The van der Waals surface area contributed by atoms with E-state index in [-0.39, 0.29) is 5.56 Å². The van der Waals surface area contributed by atoms with E-state index in [0.29, 0.717) is 12.6 Å². The summed E-state index contributed by atoms with van der Waals surface area (Å²) in [5.74, 6) is 0.751. The lowest BCUT2D eigenvalue weighted by atomic mass is 10.2. The van der Waals surface area contributed by atoms with Crippen LogP contribution in [0.5, 0.6) is 0 Å². The van der Waals surface area contributed by atoms with Crippen molar-refractivity contribution in [1.82, 2.24) is 15.3 Å². The maximum Gasteiger partial charge on any atom is 0.254 e. The Morgan fingerprint density at radius 2 is 2.27 bits per heavy atom. The standard InChI is InChI=1S/C11H17N3O/c1-3-9-7(2)13-10(14-11(9)15)6-12-8-4-5-8/h8,12H,3-6H2,1-2H3,(H,13,14,15). The molecule has 0 saturated heterocycles. The van der Waals surface area contributed by atoms with Gasteiger partial charge in [-0.05, 0) is 26.2 Å². The summed E-state index contributed by atoms with van der Waals surface area (Å²) < 4.78 is 0. The Morgan fingerprint density at radius 1 is 1.53 bits per heavy atom. The summed E-state index contributed by atoms with van der Waals surface area (Å²) in [4.78, 5) is 18.8. The van der Waals surface area contributed by atoms with Crippen LogP contribution in [-0.4, -0.2) is 16.0 Å². The molecule has 4 heteroatoms. The number of nitrogens with one attached hydrogen (secondary N) is 2. The van der Waals surface area contributed by atoms with Gasteiger partial charge in [0.25, 0.3) is 5.56 Å². The molecule has 0 aliphatic heterocycles. The van der Waals surface area contributed by atoms with Gasteiger partial charge < -0.3 is 10.3 Å². The molecule has 0 spiro atoms. The maximum atomic E-state index is 11.6. The van der Waals surface area contributed by atoms with Crippen molar-refractivity contribution in [3.05, 3.63) is 27.4 Å². The lowest BCUT2D eigenvalue weighted by Crippen LogP contribution is -2.23. The largest absolute Gasteiger partial charge is 0.309 e. The average molecular weight is 207 g/mol. The van der Waals surface area contributed by atoms with Gasteiger partial charge in [0, 0.05) is 17.3 Å². The van der Waals surface area contributed by atoms with E-state index in [4.69, 9.17) is 0 Å². The molecule has 15 heavy (non-hydrogen) atoms. The molecule has 1 aliphatic carbocycles. The molecule has 2 rings (SSSR count). The molecular weight excluding hydrogens is 190 g/mol. The third kappa shape index (κ3) is 2.45. The fourth-order valence-electron chi connectivity index (χ4n) is 1.70.